The lowest BCUT2D eigenvalue weighted by Crippen LogP contribution is -2.47. The van der Waals surface area contributed by atoms with Gasteiger partial charge in [0.1, 0.15) is 9.07 Å². The summed E-state index contributed by atoms with van der Waals surface area (Å²) in [5, 5.41) is 12.9. The summed E-state index contributed by atoms with van der Waals surface area (Å²) in [5.74, 6) is 0. The summed E-state index contributed by atoms with van der Waals surface area (Å²) >= 11 is 7.12. The van der Waals surface area contributed by atoms with Crippen molar-refractivity contribution >= 4 is 34.5 Å². The smallest absolute Gasteiger partial charge is 0.254 e. The summed E-state index contributed by atoms with van der Waals surface area (Å²) < 4.78 is 1.47. The molecule has 2 heterocycles. The Morgan fingerprint density at radius 2 is 2.04 bits per heavy atom. The van der Waals surface area contributed by atoms with Crippen molar-refractivity contribution in [1.82, 2.24) is 9.88 Å². The van der Waals surface area contributed by atoms with E-state index in [2.05, 4.69) is 31.0 Å². The number of thiocarbonyl (C=S) groups is 1. The molecule has 0 N–H and O–H groups in total. The zero-order valence-electron chi connectivity index (χ0n) is 13.6. The van der Waals surface area contributed by atoms with Gasteiger partial charge in [-0.1, -0.05) is 54.3 Å². The molecule has 1 atom stereocenters. The van der Waals surface area contributed by atoms with Gasteiger partial charge in [-0.15, -0.1) is 0 Å². The molecular formula is C18H19N3OS2. The van der Waals surface area contributed by atoms with Gasteiger partial charge in [0.25, 0.3) is 6.17 Å². The molecule has 1 saturated heterocycles. The summed E-state index contributed by atoms with van der Waals surface area (Å²) in [5.41, 5.74) is 1.92. The molecule has 1 fully saturated rings. The van der Waals surface area contributed by atoms with Crippen molar-refractivity contribution in [2.45, 2.75) is 31.3 Å². The monoisotopic (exact) mass is 357 g/mol. The molecule has 24 heavy (non-hydrogen) atoms. The molecule has 0 spiro atoms. The number of pyridine rings is 1. The normalized spacial score (nSPS) is 20.4. The van der Waals surface area contributed by atoms with Crippen molar-refractivity contribution in [3.05, 3.63) is 71.2 Å². The van der Waals surface area contributed by atoms with E-state index in [1.807, 2.05) is 35.2 Å². The Hall–Kier alpha value is -1.92. The third-order valence-electron chi connectivity index (χ3n) is 3.90. The van der Waals surface area contributed by atoms with Crippen LogP contribution < -0.4 is 0 Å². The third-order valence-corrected chi connectivity index (χ3v) is 5.53. The van der Waals surface area contributed by atoms with Gasteiger partial charge in [-0.05, 0) is 31.5 Å². The van der Waals surface area contributed by atoms with E-state index in [0.717, 1.165) is 20.2 Å². The molecule has 1 aliphatic heterocycles. The molecule has 4 nitrogen and oxygen atoms in total. The molecular weight excluding hydrogens is 338 g/mol. The predicted molar refractivity (Wildman–Crippen MR) is 103 cm³/mol. The second kappa shape index (κ2) is 6.91. The highest BCUT2D eigenvalue weighted by atomic mass is 32.2. The van der Waals surface area contributed by atoms with Crippen LogP contribution in [-0.4, -0.2) is 36.1 Å². The Bertz CT molecular complexity index is 747. The molecule has 124 valence electrons. The Labute approximate surface area is 151 Å². The first-order valence-corrected chi connectivity index (χ1v) is 8.94. The lowest BCUT2D eigenvalue weighted by molar-refractivity contribution is -0.524. The summed E-state index contributed by atoms with van der Waals surface area (Å²) in [4.78, 5) is 6.07. The van der Waals surface area contributed by atoms with E-state index >= 15 is 0 Å². The molecule has 0 bridgehead atoms. The SMILES string of the molecule is CC1(C)SC(=S)N(Cc2ccccc2)C1/[N+]([O-])=C/c1cccnc1. The molecule has 1 unspecified atom stereocenters. The summed E-state index contributed by atoms with van der Waals surface area (Å²) in [7, 11) is 0. The predicted octanol–water partition coefficient (Wildman–Crippen LogP) is 3.65. The van der Waals surface area contributed by atoms with E-state index in [1.54, 1.807) is 30.4 Å². The maximum absolute atomic E-state index is 12.9. The second-order valence-electron chi connectivity index (χ2n) is 6.23. The molecule has 3 rings (SSSR count). The lowest BCUT2D eigenvalue weighted by atomic mass is 10.1. The van der Waals surface area contributed by atoms with Gasteiger partial charge in [-0.25, -0.2) is 0 Å². The van der Waals surface area contributed by atoms with Gasteiger partial charge in [0, 0.05) is 12.4 Å². The first-order chi connectivity index (χ1) is 11.5. The minimum Gasteiger partial charge on any atom is -0.622 e. The number of benzene rings is 1. The molecule has 0 radical (unpaired) electrons. The number of hydrogen-bond acceptors (Lipinski definition) is 4. The van der Waals surface area contributed by atoms with E-state index in [0.29, 0.717) is 6.54 Å². The van der Waals surface area contributed by atoms with E-state index in [4.69, 9.17) is 12.2 Å². The maximum atomic E-state index is 12.9. The highest BCUT2D eigenvalue weighted by Gasteiger charge is 2.50. The van der Waals surface area contributed by atoms with Crippen LogP contribution in [0.15, 0.2) is 54.9 Å². The second-order valence-corrected chi connectivity index (χ2v) is 8.52. The van der Waals surface area contributed by atoms with Crippen molar-refractivity contribution < 1.29 is 4.74 Å². The zero-order chi connectivity index (χ0) is 17.2. The number of aromatic nitrogens is 1. The number of hydrogen-bond donors (Lipinski definition) is 0. The number of nitrogens with zero attached hydrogens (tertiary/aromatic N) is 3. The Morgan fingerprint density at radius 1 is 1.29 bits per heavy atom. The van der Waals surface area contributed by atoms with Crippen LogP contribution in [0.2, 0.25) is 0 Å². The first-order valence-electron chi connectivity index (χ1n) is 7.71. The summed E-state index contributed by atoms with van der Waals surface area (Å²) in [6, 6.07) is 13.8. The van der Waals surface area contributed by atoms with Crippen LogP contribution in [0.25, 0.3) is 0 Å². The zero-order valence-corrected chi connectivity index (χ0v) is 15.3. The topological polar surface area (TPSA) is 42.2 Å². The molecule has 1 aromatic heterocycles. The minimum absolute atomic E-state index is 0.299. The van der Waals surface area contributed by atoms with Crippen LogP contribution in [0, 0.1) is 5.21 Å². The Morgan fingerprint density at radius 3 is 2.71 bits per heavy atom. The molecule has 2 aromatic rings. The van der Waals surface area contributed by atoms with Crippen LogP contribution in [0.4, 0.5) is 0 Å². The maximum Gasteiger partial charge on any atom is 0.254 e. The number of rotatable bonds is 4. The Kier molecular flexibility index (Phi) is 4.87. The van der Waals surface area contributed by atoms with Crippen LogP contribution in [-0.2, 0) is 6.54 Å². The van der Waals surface area contributed by atoms with E-state index in [-0.39, 0.29) is 10.9 Å². The number of hydroxylamine groups is 1. The van der Waals surface area contributed by atoms with Crippen molar-refractivity contribution in [3.8, 4) is 0 Å². The fourth-order valence-corrected chi connectivity index (χ4v) is 4.73. The standard InChI is InChI=1S/C18H19N3OS2/c1-18(2)16(21(22)13-15-9-6-10-19-11-15)20(17(23)24-18)12-14-7-4-3-5-8-14/h3-11,13,16H,12H2,1-2H3/b21-13-. The summed E-state index contributed by atoms with van der Waals surface area (Å²) in [6.07, 6.45) is 4.60. The summed E-state index contributed by atoms with van der Waals surface area (Å²) in [6.45, 7) is 4.74. The molecule has 1 aliphatic rings. The molecule has 0 amide bonds. The van der Waals surface area contributed by atoms with E-state index in [9.17, 15) is 5.21 Å². The first kappa shape index (κ1) is 16.9. The average Bonchev–Trinajstić information content (AvgIpc) is 2.78. The van der Waals surface area contributed by atoms with Gasteiger partial charge >= 0.3 is 0 Å². The Balaban J connectivity index is 1.92. The van der Waals surface area contributed by atoms with Crippen molar-refractivity contribution in [2.75, 3.05) is 0 Å². The largest absolute Gasteiger partial charge is 0.622 e. The van der Waals surface area contributed by atoms with Gasteiger partial charge in [0.15, 0.2) is 6.21 Å². The van der Waals surface area contributed by atoms with Gasteiger partial charge in [-0.2, -0.15) is 4.74 Å². The fourth-order valence-electron chi connectivity index (χ4n) is 2.86. The van der Waals surface area contributed by atoms with Gasteiger partial charge < -0.3 is 5.21 Å². The van der Waals surface area contributed by atoms with Crippen LogP contribution >= 0.6 is 24.0 Å². The molecule has 0 aliphatic carbocycles. The highest BCUT2D eigenvalue weighted by Crippen LogP contribution is 2.42. The molecule has 1 aromatic carbocycles. The number of thioether (sulfide) groups is 1. The average molecular weight is 358 g/mol. The van der Waals surface area contributed by atoms with Crippen molar-refractivity contribution in [3.63, 3.8) is 0 Å². The van der Waals surface area contributed by atoms with Gasteiger partial charge in [0.05, 0.1) is 12.1 Å². The van der Waals surface area contributed by atoms with Crippen LogP contribution in [0.1, 0.15) is 25.0 Å². The van der Waals surface area contributed by atoms with Crippen molar-refractivity contribution in [1.29, 1.82) is 0 Å². The van der Waals surface area contributed by atoms with E-state index < -0.39 is 0 Å². The quantitative estimate of drug-likeness (QED) is 0.275. The van der Waals surface area contributed by atoms with Crippen molar-refractivity contribution in [2.24, 2.45) is 0 Å². The van der Waals surface area contributed by atoms with Gasteiger partial charge in [0.2, 0.25) is 0 Å². The lowest BCUT2D eigenvalue weighted by Gasteiger charge is -2.29. The van der Waals surface area contributed by atoms with Gasteiger partial charge in [-0.3, -0.25) is 9.88 Å². The highest BCUT2D eigenvalue weighted by molar-refractivity contribution is 8.24. The fraction of sp³-hybridized carbons (Fsp3) is 0.278. The third kappa shape index (κ3) is 3.60. The molecule has 6 heteroatoms. The minimum atomic E-state index is -0.365. The van der Waals surface area contributed by atoms with E-state index in [1.165, 1.54) is 0 Å². The van der Waals surface area contributed by atoms with Crippen LogP contribution in [0.3, 0.4) is 0 Å². The van der Waals surface area contributed by atoms with Crippen LogP contribution in [0.5, 0.6) is 0 Å². The molecule has 0 saturated carbocycles.